The van der Waals surface area contributed by atoms with Gasteiger partial charge in [0.2, 0.25) is 0 Å². The summed E-state index contributed by atoms with van der Waals surface area (Å²) in [7, 11) is 0. The van der Waals surface area contributed by atoms with Crippen molar-refractivity contribution < 1.29 is 9.84 Å². The monoisotopic (exact) mass is 298 g/mol. The van der Waals surface area contributed by atoms with Crippen LogP contribution in [0.25, 0.3) is 5.69 Å². The van der Waals surface area contributed by atoms with E-state index < -0.39 is 0 Å². The zero-order valence-electron chi connectivity index (χ0n) is 10.3. The Morgan fingerprint density at radius 3 is 3.05 bits per heavy atom. The first-order valence-corrected chi connectivity index (χ1v) is 7.28. The van der Waals surface area contributed by atoms with Crippen molar-refractivity contribution >= 4 is 23.4 Å². The number of benzene rings is 1. The van der Waals surface area contributed by atoms with Gasteiger partial charge in [0.15, 0.2) is 5.16 Å². The molecule has 2 aromatic rings. The molecule has 1 N–H and O–H groups in total. The summed E-state index contributed by atoms with van der Waals surface area (Å²) in [6.45, 7) is 1.03. The first kappa shape index (κ1) is 14.4. The van der Waals surface area contributed by atoms with Gasteiger partial charge >= 0.3 is 0 Å². The molecule has 0 aliphatic heterocycles. The van der Waals surface area contributed by atoms with E-state index in [0.717, 1.165) is 16.6 Å². The number of ether oxygens (including phenoxy) is 1. The van der Waals surface area contributed by atoms with Crippen LogP contribution in [-0.4, -0.2) is 40.2 Å². The molecule has 0 saturated heterocycles. The highest BCUT2D eigenvalue weighted by Crippen LogP contribution is 2.22. The van der Waals surface area contributed by atoms with Gasteiger partial charge in [-0.2, -0.15) is 0 Å². The Hall–Kier alpha value is -1.01. The minimum absolute atomic E-state index is 0.0573. The molecule has 6 heteroatoms. The second-order valence-electron chi connectivity index (χ2n) is 3.74. The van der Waals surface area contributed by atoms with Crippen molar-refractivity contribution in [1.29, 1.82) is 0 Å². The lowest BCUT2D eigenvalue weighted by Crippen LogP contribution is -2.03. The third-order valence-electron chi connectivity index (χ3n) is 2.39. The van der Waals surface area contributed by atoms with E-state index >= 15 is 0 Å². The van der Waals surface area contributed by atoms with Crippen molar-refractivity contribution in [2.24, 2.45) is 0 Å². The van der Waals surface area contributed by atoms with Crippen LogP contribution in [0.2, 0.25) is 5.02 Å². The lowest BCUT2D eigenvalue weighted by Gasteiger charge is -2.07. The smallest absolute Gasteiger partial charge is 0.172 e. The molecule has 0 amide bonds. The van der Waals surface area contributed by atoms with Gasteiger partial charge < -0.3 is 9.84 Å². The number of hydrogen-bond donors (Lipinski definition) is 1. The molecule has 1 aromatic heterocycles. The molecule has 0 saturated carbocycles. The van der Waals surface area contributed by atoms with Gasteiger partial charge in [-0.3, -0.25) is 4.57 Å². The molecule has 0 aliphatic rings. The van der Waals surface area contributed by atoms with Gasteiger partial charge in [0.05, 0.1) is 19.8 Å². The number of rotatable bonds is 7. The van der Waals surface area contributed by atoms with Gasteiger partial charge in [-0.05, 0) is 18.2 Å². The maximum Gasteiger partial charge on any atom is 0.172 e. The average molecular weight is 299 g/mol. The molecular formula is C13H15ClN2O2S. The summed E-state index contributed by atoms with van der Waals surface area (Å²) in [5.41, 5.74) is 0.990. The Morgan fingerprint density at radius 2 is 2.26 bits per heavy atom. The molecule has 0 fully saturated rings. The van der Waals surface area contributed by atoms with Crippen molar-refractivity contribution in [3.63, 3.8) is 0 Å². The first-order chi connectivity index (χ1) is 9.31. The fourth-order valence-electron chi connectivity index (χ4n) is 1.58. The molecule has 0 bridgehead atoms. The average Bonchev–Trinajstić information content (AvgIpc) is 2.87. The maximum atomic E-state index is 8.61. The SMILES string of the molecule is OCCOCCSc1nccn1-c1cccc(Cl)c1. The van der Waals surface area contributed by atoms with Crippen LogP contribution < -0.4 is 0 Å². The third kappa shape index (κ3) is 4.24. The van der Waals surface area contributed by atoms with Gasteiger partial charge in [0.25, 0.3) is 0 Å². The molecule has 4 nitrogen and oxygen atoms in total. The topological polar surface area (TPSA) is 47.3 Å². The van der Waals surface area contributed by atoms with Crippen LogP contribution in [0.15, 0.2) is 41.8 Å². The third-order valence-corrected chi connectivity index (χ3v) is 3.55. The number of imidazole rings is 1. The highest BCUT2D eigenvalue weighted by atomic mass is 35.5. The number of nitrogens with zero attached hydrogens (tertiary/aromatic N) is 2. The van der Waals surface area contributed by atoms with Gasteiger partial charge in [0, 0.05) is 28.9 Å². The second kappa shape index (κ2) is 7.55. The second-order valence-corrected chi connectivity index (χ2v) is 5.24. The zero-order chi connectivity index (χ0) is 13.5. The van der Waals surface area contributed by atoms with Crippen LogP contribution >= 0.6 is 23.4 Å². The molecule has 2 rings (SSSR count). The van der Waals surface area contributed by atoms with Crippen LogP contribution in [0.5, 0.6) is 0 Å². The van der Waals surface area contributed by atoms with Crippen molar-refractivity contribution in [1.82, 2.24) is 9.55 Å². The van der Waals surface area contributed by atoms with E-state index in [0.29, 0.717) is 18.2 Å². The van der Waals surface area contributed by atoms with Crippen LogP contribution in [-0.2, 0) is 4.74 Å². The Kier molecular flexibility index (Phi) is 5.72. The number of halogens is 1. The van der Waals surface area contributed by atoms with Crippen molar-refractivity contribution in [2.75, 3.05) is 25.6 Å². The van der Waals surface area contributed by atoms with Crippen molar-refractivity contribution in [3.8, 4) is 5.69 Å². The summed E-state index contributed by atoms with van der Waals surface area (Å²) in [4.78, 5) is 4.32. The van der Waals surface area contributed by atoms with E-state index in [4.69, 9.17) is 21.4 Å². The number of aliphatic hydroxyl groups excluding tert-OH is 1. The summed E-state index contributed by atoms with van der Waals surface area (Å²) >= 11 is 7.60. The van der Waals surface area contributed by atoms with Crippen LogP contribution in [0, 0.1) is 0 Å². The minimum Gasteiger partial charge on any atom is -0.394 e. The summed E-state index contributed by atoms with van der Waals surface area (Å²) in [5.74, 6) is 0.789. The van der Waals surface area contributed by atoms with Gasteiger partial charge in [0.1, 0.15) is 0 Å². The number of thioether (sulfide) groups is 1. The summed E-state index contributed by atoms with van der Waals surface area (Å²) in [5, 5.41) is 10.2. The lowest BCUT2D eigenvalue weighted by molar-refractivity contribution is 0.103. The summed E-state index contributed by atoms with van der Waals surface area (Å²) in [6, 6.07) is 7.64. The molecule has 1 aromatic carbocycles. The fraction of sp³-hybridized carbons (Fsp3) is 0.308. The molecule has 0 radical (unpaired) electrons. The number of hydrogen-bond acceptors (Lipinski definition) is 4. The molecule has 0 unspecified atom stereocenters. The highest BCUT2D eigenvalue weighted by molar-refractivity contribution is 7.99. The molecule has 0 spiro atoms. The van der Waals surface area contributed by atoms with Crippen molar-refractivity contribution in [3.05, 3.63) is 41.7 Å². The predicted octanol–water partition coefficient (Wildman–Crippen LogP) is 2.63. The Bertz CT molecular complexity index is 519. The lowest BCUT2D eigenvalue weighted by atomic mass is 10.3. The van der Waals surface area contributed by atoms with E-state index in [9.17, 15) is 0 Å². The molecule has 19 heavy (non-hydrogen) atoms. The van der Waals surface area contributed by atoms with E-state index in [-0.39, 0.29) is 6.61 Å². The molecule has 0 aliphatic carbocycles. The van der Waals surface area contributed by atoms with E-state index in [2.05, 4.69) is 4.98 Å². The molecule has 102 valence electrons. The maximum absolute atomic E-state index is 8.61. The molecule has 0 atom stereocenters. The Labute approximate surface area is 121 Å². The van der Waals surface area contributed by atoms with Crippen LogP contribution in [0.3, 0.4) is 0 Å². The van der Waals surface area contributed by atoms with Gasteiger partial charge in [-0.1, -0.05) is 29.4 Å². The number of aromatic nitrogens is 2. The standard InChI is InChI=1S/C13H15ClN2O2S/c14-11-2-1-3-12(10-11)16-5-4-15-13(16)19-9-8-18-7-6-17/h1-5,10,17H,6-9H2. The largest absolute Gasteiger partial charge is 0.394 e. The summed E-state index contributed by atoms with van der Waals surface area (Å²) < 4.78 is 7.21. The quantitative estimate of drug-likeness (QED) is 0.630. The van der Waals surface area contributed by atoms with Crippen molar-refractivity contribution in [2.45, 2.75) is 5.16 Å². The van der Waals surface area contributed by atoms with Gasteiger partial charge in [-0.25, -0.2) is 4.98 Å². The Morgan fingerprint density at radius 1 is 1.37 bits per heavy atom. The van der Waals surface area contributed by atoms with Gasteiger partial charge in [-0.15, -0.1) is 0 Å². The van der Waals surface area contributed by atoms with E-state index in [1.807, 2.05) is 35.0 Å². The van der Waals surface area contributed by atoms with E-state index in [1.165, 1.54) is 0 Å². The molecule has 1 heterocycles. The normalized spacial score (nSPS) is 10.8. The fourth-order valence-corrected chi connectivity index (χ4v) is 2.59. The minimum atomic E-state index is 0.0573. The van der Waals surface area contributed by atoms with E-state index in [1.54, 1.807) is 18.0 Å². The summed E-state index contributed by atoms with van der Waals surface area (Å²) in [6.07, 6.45) is 3.67. The molecular weight excluding hydrogens is 284 g/mol. The Balaban J connectivity index is 1.98. The van der Waals surface area contributed by atoms with Crippen LogP contribution in [0.4, 0.5) is 0 Å². The number of aliphatic hydroxyl groups is 1. The zero-order valence-corrected chi connectivity index (χ0v) is 11.9. The first-order valence-electron chi connectivity index (χ1n) is 5.92. The predicted molar refractivity (Wildman–Crippen MR) is 77.2 cm³/mol. The highest BCUT2D eigenvalue weighted by Gasteiger charge is 2.05. The van der Waals surface area contributed by atoms with Crippen LogP contribution in [0.1, 0.15) is 0 Å².